The lowest BCUT2D eigenvalue weighted by atomic mass is 10.2. The largest absolute Gasteiger partial charge is 0.476 e. The third-order valence-electron chi connectivity index (χ3n) is 1.77. The Morgan fingerprint density at radius 1 is 1.29 bits per heavy atom. The second-order valence-electron chi connectivity index (χ2n) is 2.74. The zero-order chi connectivity index (χ0) is 10.1. The molecule has 5 heteroatoms. The number of rotatable bonds is 1. The molecule has 0 spiro atoms. The summed E-state index contributed by atoms with van der Waals surface area (Å²) in [6.07, 6.45) is 0. The Bertz CT molecular complexity index is 513. The number of halogens is 1. The van der Waals surface area contributed by atoms with E-state index in [-0.39, 0.29) is 5.69 Å². The first-order chi connectivity index (χ1) is 6.66. The molecule has 2 rings (SSSR count). The molecule has 0 saturated carbocycles. The summed E-state index contributed by atoms with van der Waals surface area (Å²) in [4.78, 5) is 10.6. The van der Waals surface area contributed by atoms with E-state index in [1.165, 1.54) is 6.07 Å². The van der Waals surface area contributed by atoms with Gasteiger partial charge in [-0.3, -0.25) is 0 Å². The lowest BCUT2D eigenvalue weighted by Gasteiger charge is -1.97. The molecule has 70 valence electrons. The smallest absolute Gasteiger partial charge is 0.356 e. The van der Waals surface area contributed by atoms with Crippen LogP contribution in [0.25, 0.3) is 10.9 Å². The Labute approximate surface area is 93.1 Å². The number of carboxylic acids is 1. The van der Waals surface area contributed by atoms with E-state index in [0.29, 0.717) is 5.52 Å². The number of benzene rings is 1. The van der Waals surface area contributed by atoms with Crippen molar-refractivity contribution in [2.45, 2.75) is 0 Å². The predicted molar refractivity (Wildman–Crippen MR) is 59.2 cm³/mol. The van der Waals surface area contributed by atoms with Crippen LogP contribution in [0.1, 0.15) is 10.5 Å². The van der Waals surface area contributed by atoms with Gasteiger partial charge in [0.25, 0.3) is 0 Å². The van der Waals surface area contributed by atoms with Crippen LogP contribution in [0.3, 0.4) is 0 Å². The second kappa shape index (κ2) is 3.49. The summed E-state index contributed by atoms with van der Waals surface area (Å²) in [6.45, 7) is 0. The van der Waals surface area contributed by atoms with Crippen LogP contribution in [0.5, 0.6) is 0 Å². The topological polar surface area (TPSA) is 63.1 Å². The molecule has 0 radical (unpaired) electrons. The van der Waals surface area contributed by atoms with Crippen molar-refractivity contribution in [1.82, 2.24) is 10.2 Å². The summed E-state index contributed by atoms with van der Waals surface area (Å²) in [5, 5.41) is 16.9. The molecule has 0 aliphatic rings. The van der Waals surface area contributed by atoms with Gasteiger partial charge < -0.3 is 5.11 Å². The lowest BCUT2D eigenvalue weighted by molar-refractivity contribution is 0.0689. The first-order valence-electron chi connectivity index (χ1n) is 3.83. The van der Waals surface area contributed by atoms with Crippen molar-refractivity contribution < 1.29 is 9.90 Å². The van der Waals surface area contributed by atoms with Crippen LogP contribution in [0, 0.1) is 3.57 Å². The highest BCUT2D eigenvalue weighted by molar-refractivity contribution is 14.1. The standard InChI is InChI=1S/C9H5IN2O2/c10-6-1-2-7-5(3-6)4-8(9(13)14)12-11-7/h1-4H,(H,13,14). The number of hydrogen-bond donors (Lipinski definition) is 1. The number of nitrogens with zero attached hydrogens (tertiary/aromatic N) is 2. The molecule has 0 aliphatic carbocycles. The molecule has 0 aliphatic heterocycles. The van der Waals surface area contributed by atoms with E-state index >= 15 is 0 Å². The number of fused-ring (bicyclic) bond motifs is 1. The Kier molecular flexibility index (Phi) is 2.32. The predicted octanol–water partition coefficient (Wildman–Crippen LogP) is 1.93. The van der Waals surface area contributed by atoms with Crippen LogP contribution in [0.15, 0.2) is 24.3 Å². The van der Waals surface area contributed by atoms with E-state index in [9.17, 15) is 4.79 Å². The maximum atomic E-state index is 10.6. The van der Waals surface area contributed by atoms with E-state index < -0.39 is 5.97 Å². The number of carboxylic acid groups (broad SMARTS) is 1. The van der Waals surface area contributed by atoms with Gasteiger partial charge in [-0.1, -0.05) is 0 Å². The first-order valence-corrected chi connectivity index (χ1v) is 4.91. The molecule has 2 aromatic rings. The monoisotopic (exact) mass is 300 g/mol. The number of aromatic nitrogens is 2. The quantitative estimate of drug-likeness (QED) is 0.817. The Morgan fingerprint density at radius 3 is 2.79 bits per heavy atom. The van der Waals surface area contributed by atoms with Crippen molar-refractivity contribution in [3.63, 3.8) is 0 Å². The van der Waals surface area contributed by atoms with Crippen LogP contribution in [0.4, 0.5) is 0 Å². The van der Waals surface area contributed by atoms with Gasteiger partial charge in [0, 0.05) is 8.96 Å². The molecule has 14 heavy (non-hydrogen) atoms. The van der Waals surface area contributed by atoms with E-state index in [4.69, 9.17) is 5.11 Å². The van der Waals surface area contributed by atoms with Crippen molar-refractivity contribution in [3.05, 3.63) is 33.5 Å². The normalized spacial score (nSPS) is 10.4. The van der Waals surface area contributed by atoms with Gasteiger partial charge in [-0.15, -0.1) is 10.2 Å². The van der Waals surface area contributed by atoms with Crippen molar-refractivity contribution in [3.8, 4) is 0 Å². The highest BCUT2D eigenvalue weighted by Crippen LogP contribution is 2.15. The zero-order valence-electron chi connectivity index (χ0n) is 6.94. The van der Waals surface area contributed by atoms with Crippen molar-refractivity contribution in [2.75, 3.05) is 0 Å². The fourth-order valence-electron chi connectivity index (χ4n) is 1.12. The minimum atomic E-state index is -1.06. The van der Waals surface area contributed by atoms with Gasteiger partial charge in [-0.2, -0.15) is 0 Å². The molecule has 0 bridgehead atoms. The molecule has 4 nitrogen and oxygen atoms in total. The van der Waals surface area contributed by atoms with Crippen LogP contribution < -0.4 is 0 Å². The molecule has 1 N–H and O–H groups in total. The fraction of sp³-hybridized carbons (Fsp3) is 0. The second-order valence-corrected chi connectivity index (χ2v) is 3.98. The molecule has 0 atom stereocenters. The highest BCUT2D eigenvalue weighted by atomic mass is 127. The molecule has 0 saturated heterocycles. The third-order valence-corrected chi connectivity index (χ3v) is 2.44. The molecular formula is C9H5IN2O2. The van der Waals surface area contributed by atoms with Crippen molar-refractivity contribution in [1.29, 1.82) is 0 Å². The Hall–Kier alpha value is -1.24. The first kappa shape index (κ1) is 9.32. The SMILES string of the molecule is O=C(O)c1cc2cc(I)ccc2nn1. The average molecular weight is 300 g/mol. The third kappa shape index (κ3) is 1.67. The van der Waals surface area contributed by atoms with Gasteiger partial charge in [0.05, 0.1) is 5.52 Å². The molecule has 0 fully saturated rings. The summed E-state index contributed by atoms with van der Waals surface area (Å²) in [7, 11) is 0. The van der Waals surface area contributed by atoms with Gasteiger partial charge >= 0.3 is 5.97 Å². The van der Waals surface area contributed by atoms with Gasteiger partial charge in [0.15, 0.2) is 5.69 Å². The lowest BCUT2D eigenvalue weighted by Crippen LogP contribution is -2.01. The number of aromatic carboxylic acids is 1. The average Bonchev–Trinajstić information content (AvgIpc) is 2.16. The molecule has 0 unspecified atom stereocenters. The zero-order valence-corrected chi connectivity index (χ0v) is 9.09. The summed E-state index contributed by atoms with van der Waals surface area (Å²) in [5.74, 6) is -1.06. The van der Waals surface area contributed by atoms with Crippen molar-refractivity contribution in [2.24, 2.45) is 0 Å². The summed E-state index contributed by atoms with van der Waals surface area (Å²) in [5.41, 5.74) is 0.676. The van der Waals surface area contributed by atoms with Gasteiger partial charge in [-0.25, -0.2) is 4.79 Å². The Balaban J connectivity index is 2.69. The van der Waals surface area contributed by atoms with Crippen LogP contribution >= 0.6 is 22.6 Å². The van der Waals surface area contributed by atoms with Crippen LogP contribution in [-0.4, -0.2) is 21.3 Å². The van der Waals surface area contributed by atoms with Gasteiger partial charge in [0.1, 0.15) is 0 Å². The van der Waals surface area contributed by atoms with Crippen LogP contribution in [0.2, 0.25) is 0 Å². The van der Waals surface area contributed by atoms with E-state index in [1.54, 1.807) is 0 Å². The van der Waals surface area contributed by atoms with Gasteiger partial charge in [-0.05, 0) is 46.9 Å². The molecule has 1 aromatic carbocycles. The van der Waals surface area contributed by atoms with E-state index in [1.807, 2.05) is 18.2 Å². The van der Waals surface area contributed by atoms with Crippen molar-refractivity contribution >= 4 is 39.5 Å². The Morgan fingerprint density at radius 2 is 2.07 bits per heavy atom. The molecule has 1 heterocycles. The minimum Gasteiger partial charge on any atom is -0.476 e. The summed E-state index contributed by atoms with van der Waals surface area (Å²) < 4.78 is 1.04. The van der Waals surface area contributed by atoms with E-state index in [2.05, 4.69) is 32.8 Å². The molecule has 1 aromatic heterocycles. The fourth-order valence-corrected chi connectivity index (χ4v) is 1.64. The van der Waals surface area contributed by atoms with E-state index in [0.717, 1.165) is 8.96 Å². The maximum absolute atomic E-state index is 10.6. The molecule has 0 amide bonds. The summed E-state index contributed by atoms with van der Waals surface area (Å²) in [6, 6.07) is 7.11. The molecular weight excluding hydrogens is 295 g/mol. The minimum absolute atomic E-state index is 0.0282. The van der Waals surface area contributed by atoms with Gasteiger partial charge in [0.2, 0.25) is 0 Å². The summed E-state index contributed by atoms with van der Waals surface area (Å²) >= 11 is 2.16. The number of hydrogen-bond acceptors (Lipinski definition) is 3. The van der Waals surface area contributed by atoms with Crippen LogP contribution in [-0.2, 0) is 0 Å². The highest BCUT2D eigenvalue weighted by Gasteiger charge is 2.06. The maximum Gasteiger partial charge on any atom is 0.356 e. The number of carbonyl (C=O) groups is 1.